The van der Waals surface area contributed by atoms with E-state index in [1.54, 1.807) is 0 Å². The summed E-state index contributed by atoms with van der Waals surface area (Å²) in [6.07, 6.45) is 7.55. The van der Waals surface area contributed by atoms with Crippen molar-refractivity contribution in [1.29, 1.82) is 0 Å². The maximum atomic E-state index is 4.37. The van der Waals surface area contributed by atoms with E-state index in [4.69, 9.17) is 0 Å². The Morgan fingerprint density at radius 3 is 2.80 bits per heavy atom. The number of rotatable bonds is 6. The first-order valence-corrected chi connectivity index (χ1v) is 6.91. The fourth-order valence-electron chi connectivity index (χ4n) is 2.07. The average molecular weight is 273 g/mol. The Morgan fingerprint density at radius 1 is 1.35 bits per heavy atom. The van der Waals surface area contributed by atoms with Crippen molar-refractivity contribution in [1.82, 2.24) is 19.9 Å². The van der Waals surface area contributed by atoms with E-state index in [0.717, 1.165) is 24.6 Å². The minimum atomic E-state index is 0.468. The largest absolute Gasteiger partial charge is 0.366 e. The Bertz CT molecular complexity index is 547. The highest BCUT2D eigenvalue weighted by atomic mass is 15.2. The number of nitrogens with zero attached hydrogens (tertiary/aromatic N) is 4. The van der Waals surface area contributed by atoms with E-state index in [9.17, 15) is 0 Å². The van der Waals surface area contributed by atoms with Crippen molar-refractivity contribution in [3.05, 3.63) is 42.2 Å². The zero-order chi connectivity index (χ0) is 14.5. The van der Waals surface area contributed by atoms with Crippen LogP contribution in [0.3, 0.4) is 0 Å². The van der Waals surface area contributed by atoms with Crippen molar-refractivity contribution in [2.75, 3.05) is 11.9 Å². The summed E-state index contributed by atoms with van der Waals surface area (Å²) in [5, 5.41) is 3.45. The number of aryl methyl sites for hydroxylation is 1. The first kappa shape index (κ1) is 14.5. The summed E-state index contributed by atoms with van der Waals surface area (Å²) in [6.45, 7) is 5.92. The molecule has 0 aliphatic heterocycles. The van der Waals surface area contributed by atoms with E-state index < -0.39 is 0 Å². The second kappa shape index (κ2) is 6.52. The van der Waals surface area contributed by atoms with Crippen LogP contribution >= 0.6 is 0 Å². The minimum Gasteiger partial charge on any atom is -0.366 e. The lowest BCUT2D eigenvalue weighted by molar-refractivity contribution is 0.587. The molecule has 0 bridgehead atoms. The highest BCUT2D eigenvalue weighted by molar-refractivity contribution is 5.51. The zero-order valence-corrected chi connectivity index (χ0v) is 12.7. The fourth-order valence-corrected chi connectivity index (χ4v) is 2.07. The van der Waals surface area contributed by atoms with Crippen molar-refractivity contribution in [2.45, 2.75) is 33.0 Å². The van der Waals surface area contributed by atoms with Gasteiger partial charge in [-0.3, -0.25) is 4.98 Å². The molecule has 0 saturated carbocycles. The molecule has 2 heterocycles. The molecular formula is C15H23N5. The Balaban J connectivity index is 2.12. The van der Waals surface area contributed by atoms with Crippen molar-refractivity contribution in [3.8, 4) is 0 Å². The van der Waals surface area contributed by atoms with Gasteiger partial charge in [0.05, 0.1) is 18.4 Å². The van der Waals surface area contributed by atoms with Gasteiger partial charge in [0.25, 0.3) is 0 Å². The Kier molecular flexibility index (Phi) is 4.74. The molecule has 0 fully saturated rings. The molecule has 108 valence electrons. The van der Waals surface area contributed by atoms with Crippen LogP contribution in [0.1, 0.15) is 25.2 Å². The topological polar surface area (TPSA) is 46.0 Å². The highest BCUT2D eigenvalue weighted by Gasteiger charge is 2.10. The van der Waals surface area contributed by atoms with Crippen LogP contribution in [0.15, 0.2) is 30.9 Å². The maximum Gasteiger partial charge on any atom is 0.127 e. The molecule has 2 rings (SSSR count). The summed E-state index contributed by atoms with van der Waals surface area (Å²) < 4.78 is 2.04. The average Bonchev–Trinajstić information content (AvgIpc) is 2.82. The number of pyridine rings is 1. The van der Waals surface area contributed by atoms with Gasteiger partial charge in [-0.2, -0.15) is 0 Å². The Labute approximate surface area is 120 Å². The first-order valence-electron chi connectivity index (χ1n) is 6.91. The molecule has 2 aromatic heterocycles. The number of imidazole rings is 1. The molecule has 1 N–H and O–H groups in total. The Morgan fingerprint density at radius 2 is 2.15 bits per heavy atom. The van der Waals surface area contributed by atoms with Gasteiger partial charge in [0.2, 0.25) is 0 Å². The smallest absolute Gasteiger partial charge is 0.127 e. The molecule has 0 aliphatic carbocycles. The third kappa shape index (κ3) is 3.57. The summed E-state index contributed by atoms with van der Waals surface area (Å²) >= 11 is 0. The quantitative estimate of drug-likeness (QED) is 0.874. The molecule has 0 saturated heterocycles. The molecule has 0 spiro atoms. The molecule has 5 heteroatoms. The predicted molar refractivity (Wildman–Crippen MR) is 81.5 cm³/mol. The molecule has 5 nitrogen and oxygen atoms in total. The predicted octanol–water partition coefficient (Wildman–Crippen LogP) is 1.95. The molecule has 0 unspecified atom stereocenters. The van der Waals surface area contributed by atoms with Gasteiger partial charge in [-0.15, -0.1) is 0 Å². The van der Waals surface area contributed by atoms with Gasteiger partial charge < -0.3 is 14.8 Å². The number of anilines is 1. The molecule has 0 atom stereocenters. The molecule has 0 aliphatic rings. The van der Waals surface area contributed by atoms with Gasteiger partial charge in [-0.1, -0.05) is 13.8 Å². The van der Waals surface area contributed by atoms with Crippen LogP contribution in [0, 0.1) is 0 Å². The van der Waals surface area contributed by atoms with E-state index in [2.05, 4.69) is 47.1 Å². The number of aromatic nitrogens is 3. The van der Waals surface area contributed by atoms with Crippen LogP contribution in [0.2, 0.25) is 0 Å². The van der Waals surface area contributed by atoms with Gasteiger partial charge in [0.15, 0.2) is 0 Å². The van der Waals surface area contributed by atoms with E-state index >= 15 is 0 Å². The molecule has 2 aromatic rings. The van der Waals surface area contributed by atoms with Crippen molar-refractivity contribution < 1.29 is 0 Å². The summed E-state index contributed by atoms with van der Waals surface area (Å²) in [6, 6.07) is 2.54. The van der Waals surface area contributed by atoms with Gasteiger partial charge in [0, 0.05) is 45.3 Å². The number of hydrogen-bond acceptors (Lipinski definition) is 4. The van der Waals surface area contributed by atoms with Gasteiger partial charge >= 0.3 is 0 Å². The van der Waals surface area contributed by atoms with Crippen molar-refractivity contribution in [2.24, 2.45) is 7.05 Å². The van der Waals surface area contributed by atoms with Crippen LogP contribution < -0.4 is 10.2 Å². The van der Waals surface area contributed by atoms with Crippen LogP contribution in [-0.4, -0.2) is 27.6 Å². The van der Waals surface area contributed by atoms with E-state index in [1.165, 1.54) is 5.56 Å². The third-order valence-electron chi connectivity index (χ3n) is 3.30. The van der Waals surface area contributed by atoms with Crippen LogP contribution in [0.25, 0.3) is 0 Å². The van der Waals surface area contributed by atoms with E-state index in [1.807, 2.05) is 36.4 Å². The van der Waals surface area contributed by atoms with Gasteiger partial charge in [0.1, 0.15) is 5.82 Å². The molecule has 0 radical (unpaired) electrons. The van der Waals surface area contributed by atoms with Crippen LogP contribution in [-0.2, 0) is 20.1 Å². The standard InChI is InChI=1S/C15H23N5/c1-12(2)18-9-13-5-6-16-10-14(13)20(4)11-15-17-7-8-19(15)3/h5-8,10,12,18H,9,11H2,1-4H3. The summed E-state index contributed by atoms with van der Waals surface area (Å²) in [7, 11) is 4.09. The number of hydrogen-bond donors (Lipinski definition) is 1. The summed E-state index contributed by atoms with van der Waals surface area (Å²) in [4.78, 5) is 10.8. The zero-order valence-electron chi connectivity index (χ0n) is 12.7. The van der Waals surface area contributed by atoms with Crippen molar-refractivity contribution >= 4 is 5.69 Å². The SMILES string of the molecule is CC(C)NCc1ccncc1N(C)Cc1nccn1C. The first-order chi connectivity index (χ1) is 9.58. The second-order valence-corrected chi connectivity index (χ2v) is 5.35. The van der Waals surface area contributed by atoms with Gasteiger partial charge in [-0.25, -0.2) is 4.98 Å². The normalized spacial score (nSPS) is 11.1. The van der Waals surface area contributed by atoms with Crippen LogP contribution in [0.4, 0.5) is 5.69 Å². The third-order valence-corrected chi connectivity index (χ3v) is 3.30. The Hall–Kier alpha value is -1.88. The monoisotopic (exact) mass is 273 g/mol. The lowest BCUT2D eigenvalue weighted by Crippen LogP contribution is -2.25. The highest BCUT2D eigenvalue weighted by Crippen LogP contribution is 2.19. The lowest BCUT2D eigenvalue weighted by atomic mass is 10.2. The van der Waals surface area contributed by atoms with E-state index in [0.29, 0.717) is 6.04 Å². The molecular weight excluding hydrogens is 250 g/mol. The molecule has 0 amide bonds. The fraction of sp³-hybridized carbons (Fsp3) is 0.467. The van der Waals surface area contributed by atoms with Crippen molar-refractivity contribution in [3.63, 3.8) is 0 Å². The van der Waals surface area contributed by atoms with Gasteiger partial charge in [-0.05, 0) is 11.6 Å². The second-order valence-electron chi connectivity index (χ2n) is 5.35. The molecule has 20 heavy (non-hydrogen) atoms. The summed E-state index contributed by atoms with van der Waals surface area (Å²) in [5.74, 6) is 1.04. The molecule has 0 aromatic carbocycles. The lowest BCUT2D eigenvalue weighted by Gasteiger charge is -2.22. The minimum absolute atomic E-state index is 0.468. The van der Waals surface area contributed by atoms with E-state index in [-0.39, 0.29) is 0 Å². The summed E-state index contributed by atoms with van der Waals surface area (Å²) in [5.41, 5.74) is 2.40. The van der Waals surface area contributed by atoms with Crippen LogP contribution in [0.5, 0.6) is 0 Å². The maximum absolute atomic E-state index is 4.37. The number of nitrogens with one attached hydrogen (secondary N) is 1.